The number of hydrogen-bond donors (Lipinski definition) is 0. The molecule has 1 aliphatic heterocycles. The molecule has 0 N–H and O–H groups in total. The van der Waals surface area contributed by atoms with E-state index in [1.54, 1.807) is 0 Å². The Morgan fingerprint density at radius 1 is 1.36 bits per heavy atom. The molecule has 0 aromatic heterocycles. The summed E-state index contributed by atoms with van der Waals surface area (Å²) in [5.41, 5.74) is 0. The van der Waals surface area contributed by atoms with Gasteiger partial charge in [-0.15, -0.1) is 0 Å². The zero-order valence-electron chi connectivity index (χ0n) is 7.25. The van der Waals surface area contributed by atoms with Crippen molar-refractivity contribution >= 4 is 0 Å². The van der Waals surface area contributed by atoms with E-state index in [-0.39, 0.29) is 0 Å². The van der Waals surface area contributed by atoms with Gasteiger partial charge in [0.2, 0.25) is 0 Å². The third-order valence-electron chi connectivity index (χ3n) is 3.14. The molecule has 1 aliphatic carbocycles. The topological polar surface area (TPSA) is 12.5 Å². The van der Waals surface area contributed by atoms with Gasteiger partial charge in [0.1, 0.15) is 0 Å². The molecular weight excluding hydrogens is 138 g/mol. The van der Waals surface area contributed by atoms with E-state index in [0.717, 1.165) is 31.7 Å². The highest BCUT2D eigenvalue weighted by molar-refractivity contribution is 4.85. The Morgan fingerprint density at radius 2 is 2.18 bits per heavy atom. The van der Waals surface area contributed by atoms with Crippen LogP contribution in [0.4, 0.5) is 0 Å². The number of likely N-dealkylation sites (N-methyl/N-ethyl adjacent to an activating group) is 1. The van der Waals surface area contributed by atoms with Crippen LogP contribution < -0.4 is 0 Å². The summed E-state index contributed by atoms with van der Waals surface area (Å²) in [7, 11) is 2.23. The summed E-state index contributed by atoms with van der Waals surface area (Å²) in [5, 5.41) is 0. The minimum absolute atomic E-state index is 0.734. The molecule has 1 saturated carbocycles. The van der Waals surface area contributed by atoms with Crippen LogP contribution in [0.5, 0.6) is 0 Å². The van der Waals surface area contributed by atoms with Crippen LogP contribution in [-0.2, 0) is 4.74 Å². The lowest BCUT2D eigenvalue weighted by Gasteiger charge is -2.41. The first-order valence-corrected chi connectivity index (χ1v) is 4.66. The predicted molar refractivity (Wildman–Crippen MR) is 44.6 cm³/mol. The maximum absolute atomic E-state index is 5.47. The molecule has 2 fully saturated rings. The van der Waals surface area contributed by atoms with Crippen molar-refractivity contribution in [3.05, 3.63) is 0 Å². The van der Waals surface area contributed by atoms with Gasteiger partial charge in [-0.05, 0) is 25.8 Å². The Morgan fingerprint density at radius 3 is 2.73 bits per heavy atom. The number of ether oxygens (including phenoxy) is 1. The van der Waals surface area contributed by atoms with E-state index in [9.17, 15) is 0 Å². The van der Waals surface area contributed by atoms with Crippen LogP contribution in [0.15, 0.2) is 0 Å². The van der Waals surface area contributed by atoms with Crippen LogP contribution in [0.3, 0.4) is 0 Å². The second kappa shape index (κ2) is 3.11. The fourth-order valence-corrected chi connectivity index (χ4v) is 2.03. The van der Waals surface area contributed by atoms with Gasteiger partial charge in [0, 0.05) is 12.6 Å². The molecule has 1 heterocycles. The van der Waals surface area contributed by atoms with Crippen LogP contribution in [0.2, 0.25) is 0 Å². The molecule has 2 aliphatic rings. The summed E-state index contributed by atoms with van der Waals surface area (Å²) in [6.07, 6.45) is 4.30. The van der Waals surface area contributed by atoms with Crippen molar-refractivity contribution in [3.8, 4) is 0 Å². The molecule has 2 heteroatoms. The highest BCUT2D eigenvalue weighted by Gasteiger charge is 2.31. The van der Waals surface area contributed by atoms with Gasteiger partial charge in [-0.3, -0.25) is 4.90 Å². The molecule has 0 unspecified atom stereocenters. The van der Waals surface area contributed by atoms with Gasteiger partial charge in [-0.2, -0.15) is 0 Å². The molecule has 0 radical (unpaired) electrons. The van der Waals surface area contributed by atoms with Gasteiger partial charge >= 0.3 is 0 Å². The summed E-state index contributed by atoms with van der Waals surface area (Å²) in [4.78, 5) is 2.47. The van der Waals surface area contributed by atoms with Gasteiger partial charge in [0.05, 0.1) is 13.2 Å². The fraction of sp³-hybridized carbons (Fsp3) is 1.00. The first-order chi connectivity index (χ1) is 5.38. The molecular formula is C9H17NO. The Bertz CT molecular complexity index is 132. The van der Waals surface area contributed by atoms with Crippen molar-refractivity contribution in [1.29, 1.82) is 0 Å². The van der Waals surface area contributed by atoms with Crippen molar-refractivity contribution in [2.24, 2.45) is 5.92 Å². The Kier molecular flexibility index (Phi) is 2.14. The van der Waals surface area contributed by atoms with E-state index in [4.69, 9.17) is 4.74 Å². The van der Waals surface area contributed by atoms with E-state index < -0.39 is 0 Å². The van der Waals surface area contributed by atoms with Crippen molar-refractivity contribution < 1.29 is 4.74 Å². The molecule has 1 saturated heterocycles. The second-order valence-corrected chi connectivity index (χ2v) is 3.81. The Balaban J connectivity index is 1.88. The standard InChI is InChI=1S/C9H17NO/c1-10-5-6-11-7-9(10)8-3-2-4-8/h8-9H,2-7H2,1H3/t9-/m0/s1. The molecule has 2 rings (SSSR count). The summed E-state index contributed by atoms with van der Waals surface area (Å²) < 4.78 is 5.47. The molecule has 11 heavy (non-hydrogen) atoms. The lowest BCUT2D eigenvalue weighted by Crippen LogP contribution is -2.48. The summed E-state index contributed by atoms with van der Waals surface area (Å²) in [6.45, 7) is 3.03. The summed E-state index contributed by atoms with van der Waals surface area (Å²) in [6, 6.07) is 0.734. The van der Waals surface area contributed by atoms with Crippen LogP contribution in [-0.4, -0.2) is 37.7 Å². The van der Waals surface area contributed by atoms with Crippen molar-refractivity contribution in [3.63, 3.8) is 0 Å². The van der Waals surface area contributed by atoms with E-state index in [1.807, 2.05) is 0 Å². The zero-order chi connectivity index (χ0) is 7.68. The van der Waals surface area contributed by atoms with Crippen LogP contribution in [0.1, 0.15) is 19.3 Å². The SMILES string of the molecule is CN1CCOC[C@H]1C1CCC1. The number of rotatable bonds is 1. The Labute approximate surface area is 68.5 Å². The van der Waals surface area contributed by atoms with Crippen LogP contribution in [0, 0.1) is 5.92 Å². The maximum atomic E-state index is 5.47. The van der Waals surface area contributed by atoms with Gasteiger partial charge in [0.15, 0.2) is 0 Å². The first kappa shape index (κ1) is 7.56. The van der Waals surface area contributed by atoms with Crippen molar-refractivity contribution in [2.75, 3.05) is 26.8 Å². The minimum Gasteiger partial charge on any atom is -0.378 e. The summed E-state index contributed by atoms with van der Waals surface area (Å²) >= 11 is 0. The van der Waals surface area contributed by atoms with Crippen molar-refractivity contribution in [2.45, 2.75) is 25.3 Å². The normalized spacial score (nSPS) is 35.2. The fourth-order valence-electron chi connectivity index (χ4n) is 2.03. The molecule has 0 amide bonds. The molecule has 64 valence electrons. The monoisotopic (exact) mass is 155 g/mol. The quantitative estimate of drug-likeness (QED) is 0.562. The molecule has 0 aromatic rings. The van der Waals surface area contributed by atoms with E-state index in [0.29, 0.717) is 0 Å². The first-order valence-electron chi connectivity index (χ1n) is 4.66. The lowest BCUT2D eigenvalue weighted by atomic mass is 9.79. The highest BCUT2D eigenvalue weighted by Crippen LogP contribution is 2.32. The number of hydrogen-bond acceptors (Lipinski definition) is 2. The maximum Gasteiger partial charge on any atom is 0.0625 e. The molecule has 0 aromatic carbocycles. The number of nitrogens with zero attached hydrogens (tertiary/aromatic N) is 1. The number of morpholine rings is 1. The van der Waals surface area contributed by atoms with Crippen LogP contribution >= 0.6 is 0 Å². The smallest absolute Gasteiger partial charge is 0.0625 e. The highest BCUT2D eigenvalue weighted by atomic mass is 16.5. The molecule has 1 atom stereocenters. The molecule has 2 nitrogen and oxygen atoms in total. The van der Waals surface area contributed by atoms with Crippen molar-refractivity contribution in [1.82, 2.24) is 4.90 Å². The van der Waals surface area contributed by atoms with Crippen LogP contribution in [0.25, 0.3) is 0 Å². The van der Waals surface area contributed by atoms with Gasteiger partial charge in [-0.25, -0.2) is 0 Å². The largest absolute Gasteiger partial charge is 0.378 e. The Hall–Kier alpha value is -0.0800. The average molecular weight is 155 g/mol. The van der Waals surface area contributed by atoms with E-state index in [1.165, 1.54) is 19.3 Å². The lowest BCUT2D eigenvalue weighted by molar-refractivity contribution is -0.0323. The second-order valence-electron chi connectivity index (χ2n) is 3.81. The third kappa shape index (κ3) is 1.42. The average Bonchev–Trinajstić information content (AvgIpc) is 1.90. The minimum atomic E-state index is 0.734. The third-order valence-corrected chi connectivity index (χ3v) is 3.14. The van der Waals surface area contributed by atoms with Gasteiger partial charge in [0.25, 0.3) is 0 Å². The van der Waals surface area contributed by atoms with E-state index >= 15 is 0 Å². The van der Waals surface area contributed by atoms with Gasteiger partial charge in [-0.1, -0.05) is 6.42 Å². The predicted octanol–water partition coefficient (Wildman–Crippen LogP) is 1.12. The molecule has 0 spiro atoms. The summed E-state index contributed by atoms with van der Waals surface area (Å²) in [5.74, 6) is 0.945. The van der Waals surface area contributed by atoms with Gasteiger partial charge < -0.3 is 4.74 Å². The van der Waals surface area contributed by atoms with E-state index in [2.05, 4.69) is 11.9 Å². The molecule has 0 bridgehead atoms. The zero-order valence-corrected chi connectivity index (χ0v) is 7.25.